The van der Waals surface area contributed by atoms with Crippen LogP contribution >= 0.6 is 11.8 Å². The predicted octanol–water partition coefficient (Wildman–Crippen LogP) is 0.822. The normalized spacial score (nSPS) is 31.3. The number of allylic oxidation sites excluding steroid dienone is 2. The van der Waals surface area contributed by atoms with Gasteiger partial charge in [-0.25, -0.2) is 4.39 Å². The van der Waals surface area contributed by atoms with Crippen molar-refractivity contribution in [2.45, 2.75) is 12.2 Å². The number of aliphatic hydroxyl groups is 2. The molecule has 0 saturated carbocycles. The van der Waals surface area contributed by atoms with Crippen LogP contribution in [0.25, 0.3) is 0 Å². The minimum Gasteiger partial charge on any atom is -0.385 e. The molecule has 0 aliphatic heterocycles. The fourth-order valence-electron chi connectivity index (χ4n) is 0.854. The quantitative estimate of drug-likeness (QED) is 0.621. The molecule has 0 fully saturated rings. The van der Waals surface area contributed by atoms with Gasteiger partial charge in [-0.2, -0.15) is 0 Å². The first-order valence-electron chi connectivity index (χ1n) is 3.14. The van der Waals surface area contributed by atoms with E-state index in [1.165, 1.54) is 23.9 Å². The van der Waals surface area contributed by atoms with Crippen molar-refractivity contribution in [3.05, 3.63) is 22.9 Å². The Kier molecular flexibility index (Phi) is 2.70. The average molecular weight is 176 g/mol. The van der Waals surface area contributed by atoms with Crippen molar-refractivity contribution in [3.63, 3.8) is 0 Å². The van der Waals surface area contributed by atoms with E-state index in [0.29, 0.717) is 4.91 Å². The summed E-state index contributed by atoms with van der Waals surface area (Å²) in [6.45, 7) is 0. The van der Waals surface area contributed by atoms with Crippen LogP contribution in [0.2, 0.25) is 0 Å². The number of thioether (sulfide) groups is 1. The number of aliphatic hydroxyl groups excluding tert-OH is 2. The lowest BCUT2D eigenvalue weighted by Gasteiger charge is -2.20. The van der Waals surface area contributed by atoms with Crippen molar-refractivity contribution in [1.29, 1.82) is 0 Å². The summed E-state index contributed by atoms with van der Waals surface area (Å²) in [6.07, 6.45) is 1.91. The van der Waals surface area contributed by atoms with E-state index >= 15 is 0 Å². The van der Waals surface area contributed by atoms with Crippen LogP contribution in [0.1, 0.15) is 0 Å². The van der Waals surface area contributed by atoms with Gasteiger partial charge in [0, 0.05) is 4.91 Å². The molecule has 2 nitrogen and oxygen atoms in total. The van der Waals surface area contributed by atoms with Crippen molar-refractivity contribution in [1.82, 2.24) is 0 Å². The fourth-order valence-corrected chi connectivity index (χ4v) is 1.43. The van der Waals surface area contributed by atoms with E-state index in [-0.39, 0.29) is 0 Å². The summed E-state index contributed by atoms with van der Waals surface area (Å²) in [6, 6.07) is 0. The molecule has 1 aliphatic carbocycles. The Morgan fingerprint density at radius 3 is 2.55 bits per heavy atom. The second-order valence-electron chi connectivity index (χ2n) is 2.21. The Bertz CT molecular complexity index is 212. The van der Waals surface area contributed by atoms with Crippen LogP contribution in [-0.4, -0.2) is 28.7 Å². The van der Waals surface area contributed by atoms with E-state index in [9.17, 15) is 9.50 Å². The van der Waals surface area contributed by atoms with E-state index in [1.807, 2.05) is 0 Å². The first-order chi connectivity index (χ1) is 5.16. The van der Waals surface area contributed by atoms with Crippen molar-refractivity contribution in [3.8, 4) is 0 Å². The molecule has 1 aliphatic rings. The SMILES string of the molecule is CSC1=CC=C(F)[C@H](O)[C@@H]1O. The molecule has 0 saturated heterocycles. The third-order valence-electron chi connectivity index (χ3n) is 1.52. The first kappa shape index (κ1) is 8.77. The highest BCUT2D eigenvalue weighted by Crippen LogP contribution is 2.26. The van der Waals surface area contributed by atoms with Gasteiger partial charge in [0.05, 0.1) is 0 Å². The second kappa shape index (κ2) is 3.38. The lowest BCUT2D eigenvalue weighted by atomic mass is 10.1. The molecule has 0 spiro atoms. The Labute approximate surface area is 68.4 Å². The zero-order valence-corrected chi connectivity index (χ0v) is 6.81. The summed E-state index contributed by atoms with van der Waals surface area (Å²) >= 11 is 1.30. The summed E-state index contributed by atoms with van der Waals surface area (Å²) in [5.74, 6) is -0.685. The van der Waals surface area contributed by atoms with E-state index in [2.05, 4.69) is 0 Å². The molecule has 2 N–H and O–H groups in total. The Balaban J connectivity index is 2.84. The average Bonchev–Trinajstić information content (AvgIpc) is 2.01. The van der Waals surface area contributed by atoms with Gasteiger partial charge in [-0.3, -0.25) is 0 Å². The lowest BCUT2D eigenvalue weighted by molar-refractivity contribution is 0.0545. The number of hydrogen-bond acceptors (Lipinski definition) is 3. The van der Waals surface area contributed by atoms with E-state index in [1.54, 1.807) is 6.26 Å². The zero-order valence-electron chi connectivity index (χ0n) is 5.99. The van der Waals surface area contributed by atoms with Crippen molar-refractivity contribution in [2.24, 2.45) is 0 Å². The minimum atomic E-state index is -1.39. The molecule has 4 heteroatoms. The summed E-state index contributed by atoms with van der Waals surface area (Å²) < 4.78 is 12.5. The Morgan fingerprint density at radius 1 is 1.36 bits per heavy atom. The molecule has 0 aromatic carbocycles. The smallest absolute Gasteiger partial charge is 0.136 e. The topological polar surface area (TPSA) is 40.5 Å². The lowest BCUT2D eigenvalue weighted by Crippen LogP contribution is -2.29. The molecular weight excluding hydrogens is 167 g/mol. The molecule has 1 rings (SSSR count). The molecule has 62 valence electrons. The molecule has 0 aromatic rings. The minimum absolute atomic E-state index is 0.582. The monoisotopic (exact) mass is 176 g/mol. The standard InChI is InChI=1S/C7H9FO2S/c1-11-5-3-2-4(8)6(9)7(5)10/h2-3,6-7,9-10H,1H3/t6-,7+/m0/s1. The maximum Gasteiger partial charge on any atom is 0.136 e. The number of halogens is 1. The molecule has 0 radical (unpaired) electrons. The number of rotatable bonds is 1. The van der Waals surface area contributed by atoms with Gasteiger partial charge in [0.1, 0.15) is 18.0 Å². The van der Waals surface area contributed by atoms with Gasteiger partial charge in [-0.15, -0.1) is 11.8 Å². The van der Waals surface area contributed by atoms with Crippen molar-refractivity contribution < 1.29 is 14.6 Å². The first-order valence-corrected chi connectivity index (χ1v) is 4.36. The maximum atomic E-state index is 12.5. The molecule has 0 unspecified atom stereocenters. The highest BCUT2D eigenvalue weighted by molar-refractivity contribution is 8.02. The van der Waals surface area contributed by atoms with Gasteiger partial charge in [0.25, 0.3) is 0 Å². The fraction of sp³-hybridized carbons (Fsp3) is 0.429. The molecule has 0 heterocycles. The van der Waals surface area contributed by atoms with Gasteiger partial charge < -0.3 is 10.2 Å². The van der Waals surface area contributed by atoms with E-state index < -0.39 is 18.0 Å². The highest BCUT2D eigenvalue weighted by atomic mass is 32.2. The van der Waals surface area contributed by atoms with E-state index in [0.717, 1.165) is 0 Å². The van der Waals surface area contributed by atoms with Crippen molar-refractivity contribution in [2.75, 3.05) is 6.26 Å². The summed E-state index contributed by atoms with van der Waals surface area (Å²) in [7, 11) is 0. The molecule has 0 amide bonds. The zero-order chi connectivity index (χ0) is 8.43. The van der Waals surface area contributed by atoms with Gasteiger partial charge >= 0.3 is 0 Å². The largest absolute Gasteiger partial charge is 0.385 e. The molecule has 0 aromatic heterocycles. The molecule has 0 bridgehead atoms. The number of hydrogen-bond donors (Lipinski definition) is 2. The van der Waals surface area contributed by atoms with E-state index in [4.69, 9.17) is 5.11 Å². The maximum absolute atomic E-state index is 12.5. The van der Waals surface area contributed by atoms with Crippen LogP contribution in [0.5, 0.6) is 0 Å². The van der Waals surface area contributed by atoms with Crippen molar-refractivity contribution >= 4 is 11.8 Å². The third-order valence-corrected chi connectivity index (χ3v) is 2.36. The van der Waals surface area contributed by atoms with Crippen LogP contribution < -0.4 is 0 Å². The van der Waals surface area contributed by atoms with Crippen LogP contribution in [0.3, 0.4) is 0 Å². The van der Waals surface area contributed by atoms with Crippen LogP contribution in [-0.2, 0) is 0 Å². The van der Waals surface area contributed by atoms with Crippen LogP contribution in [0.15, 0.2) is 22.9 Å². The summed E-state index contributed by atoms with van der Waals surface area (Å²) in [5, 5.41) is 18.2. The molecule has 11 heavy (non-hydrogen) atoms. The second-order valence-corrected chi connectivity index (χ2v) is 3.09. The van der Waals surface area contributed by atoms with Gasteiger partial charge in [-0.05, 0) is 18.4 Å². The predicted molar refractivity (Wildman–Crippen MR) is 42.8 cm³/mol. The third kappa shape index (κ3) is 1.64. The summed E-state index contributed by atoms with van der Waals surface area (Å²) in [4.78, 5) is 0.582. The Morgan fingerprint density at radius 2 is 2.00 bits per heavy atom. The molecule has 2 atom stereocenters. The molecular formula is C7H9FO2S. The van der Waals surface area contributed by atoms with Gasteiger partial charge in [0.2, 0.25) is 0 Å². The summed E-state index contributed by atoms with van der Waals surface area (Å²) in [5.41, 5.74) is 0. The van der Waals surface area contributed by atoms with Gasteiger partial charge in [-0.1, -0.05) is 0 Å². The van der Waals surface area contributed by atoms with Gasteiger partial charge in [0.15, 0.2) is 0 Å². The van der Waals surface area contributed by atoms with Crippen LogP contribution in [0.4, 0.5) is 4.39 Å². The van der Waals surface area contributed by atoms with Crippen LogP contribution in [0, 0.1) is 0 Å². The Hall–Kier alpha value is -0.320. The highest BCUT2D eigenvalue weighted by Gasteiger charge is 2.26.